The van der Waals surface area contributed by atoms with Crippen LogP contribution in [0.2, 0.25) is 0 Å². The zero-order valence-corrected chi connectivity index (χ0v) is 14.0. The van der Waals surface area contributed by atoms with E-state index in [1.807, 2.05) is 23.1 Å². The highest BCUT2D eigenvalue weighted by molar-refractivity contribution is 5.85. The van der Waals surface area contributed by atoms with E-state index in [1.54, 1.807) is 6.20 Å². The Hall–Kier alpha value is -1.50. The van der Waals surface area contributed by atoms with Crippen LogP contribution in [0.15, 0.2) is 24.4 Å². The second kappa shape index (κ2) is 6.78. The van der Waals surface area contributed by atoms with E-state index in [2.05, 4.69) is 9.88 Å². The molecule has 0 radical (unpaired) electrons. The van der Waals surface area contributed by atoms with Gasteiger partial charge in [0, 0.05) is 19.3 Å². The van der Waals surface area contributed by atoms with E-state index in [-0.39, 0.29) is 11.5 Å². The number of nitrogens with zero attached hydrogens (tertiary/aromatic N) is 3. The van der Waals surface area contributed by atoms with Gasteiger partial charge in [-0.15, -0.1) is 0 Å². The third kappa shape index (κ3) is 3.06. The molecule has 1 aromatic rings. The Balaban J connectivity index is 1.40. The number of aromatic nitrogens is 1. The molecule has 0 aromatic carbocycles. The van der Waals surface area contributed by atoms with Crippen LogP contribution in [0.3, 0.4) is 0 Å². The van der Waals surface area contributed by atoms with Crippen LogP contribution in [0.5, 0.6) is 0 Å². The van der Waals surface area contributed by atoms with Gasteiger partial charge in [-0.25, -0.2) is 0 Å². The first-order chi connectivity index (χ1) is 11.8. The Bertz CT molecular complexity index is 574. The number of pyridine rings is 1. The summed E-state index contributed by atoms with van der Waals surface area (Å²) < 4.78 is 11.3. The fourth-order valence-electron chi connectivity index (χ4n) is 4.14. The van der Waals surface area contributed by atoms with Gasteiger partial charge in [0.25, 0.3) is 0 Å². The Kier molecular flexibility index (Phi) is 4.52. The topological polar surface area (TPSA) is 54.9 Å². The van der Waals surface area contributed by atoms with Crippen LogP contribution in [0.4, 0.5) is 0 Å². The fraction of sp³-hybridized carbons (Fsp3) is 0.667. The van der Waals surface area contributed by atoms with Crippen LogP contribution in [-0.4, -0.2) is 72.8 Å². The molecule has 6 nitrogen and oxygen atoms in total. The number of amides is 1. The van der Waals surface area contributed by atoms with Gasteiger partial charge in [-0.3, -0.25) is 14.7 Å². The Labute approximate surface area is 142 Å². The molecule has 24 heavy (non-hydrogen) atoms. The van der Waals surface area contributed by atoms with Crippen molar-refractivity contribution in [3.05, 3.63) is 30.1 Å². The van der Waals surface area contributed by atoms with E-state index in [1.165, 1.54) is 0 Å². The molecule has 1 unspecified atom stereocenters. The molecule has 4 heterocycles. The van der Waals surface area contributed by atoms with Gasteiger partial charge in [0.1, 0.15) is 0 Å². The fourth-order valence-corrected chi connectivity index (χ4v) is 4.14. The molecular formula is C18H25N3O3. The summed E-state index contributed by atoms with van der Waals surface area (Å²) in [6, 6.07) is 6.15. The van der Waals surface area contributed by atoms with Crippen molar-refractivity contribution in [2.24, 2.45) is 5.41 Å². The molecule has 130 valence electrons. The molecule has 1 aromatic heterocycles. The summed E-state index contributed by atoms with van der Waals surface area (Å²) in [7, 11) is 0. The van der Waals surface area contributed by atoms with Gasteiger partial charge in [0.05, 0.1) is 50.1 Å². The van der Waals surface area contributed by atoms with Crippen molar-refractivity contribution in [1.29, 1.82) is 0 Å². The van der Waals surface area contributed by atoms with Gasteiger partial charge in [-0.2, -0.15) is 0 Å². The van der Waals surface area contributed by atoms with E-state index < -0.39 is 0 Å². The predicted octanol–water partition coefficient (Wildman–Crippen LogP) is 0.921. The summed E-state index contributed by atoms with van der Waals surface area (Å²) >= 11 is 0. The molecule has 3 fully saturated rings. The second-order valence-corrected chi connectivity index (χ2v) is 7.10. The van der Waals surface area contributed by atoms with E-state index in [9.17, 15) is 4.79 Å². The van der Waals surface area contributed by atoms with Crippen molar-refractivity contribution in [3.8, 4) is 0 Å². The highest BCUT2D eigenvalue weighted by Crippen LogP contribution is 2.41. The lowest BCUT2D eigenvalue weighted by molar-refractivity contribution is -0.136. The lowest BCUT2D eigenvalue weighted by Crippen LogP contribution is -2.42. The third-order valence-electron chi connectivity index (χ3n) is 5.57. The second-order valence-electron chi connectivity index (χ2n) is 7.10. The van der Waals surface area contributed by atoms with Crippen LogP contribution in [0.25, 0.3) is 0 Å². The molecule has 0 saturated carbocycles. The van der Waals surface area contributed by atoms with Gasteiger partial charge < -0.3 is 14.4 Å². The molecule has 1 spiro atoms. The van der Waals surface area contributed by atoms with Crippen LogP contribution in [0, 0.1) is 5.41 Å². The number of hydrogen-bond acceptors (Lipinski definition) is 5. The van der Waals surface area contributed by atoms with Crippen molar-refractivity contribution < 1.29 is 14.3 Å². The number of hydrogen-bond donors (Lipinski definition) is 0. The molecule has 4 rings (SSSR count). The highest BCUT2D eigenvalue weighted by Gasteiger charge is 2.51. The zero-order valence-electron chi connectivity index (χ0n) is 14.0. The first-order valence-corrected chi connectivity index (χ1v) is 8.86. The first kappa shape index (κ1) is 16.0. The minimum Gasteiger partial charge on any atom is -0.377 e. The van der Waals surface area contributed by atoms with Gasteiger partial charge in [-0.05, 0) is 31.5 Å². The van der Waals surface area contributed by atoms with Crippen molar-refractivity contribution >= 4 is 5.91 Å². The molecule has 1 atom stereocenters. The number of rotatable bonds is 3. The Morgan fingerprint density at radius 2 is 1.96 bits per heavy atom. The summed E-state index contributed by atoms with van der Waals surface area (Å²) in [6.07, 6.45) is 3.68. The monoisotopic (exact) mass is 331 g/mol. The average molecular weight is 331 g/mol. The largest absolute Gasteiger partial charge is 0.377 e. The average Bonchev–Trinajstić information content (AvgIpc) is 3.04. The summed E-state index contributed by atoms with van der Waals surface area (Å²) in [6.45, 7) is 6.02. The minimum atomic E-state index is -0.207. The molecule has 3 aliphatic heterocycles. The quantitative estimate of drug-likeness (QED) is 0.824. The lowest BCUT2D eigenvalue weighted by Gasteiger charge is -2.28. The van der Waals surface area contributed by atoms with Crippen LogP contribution in [0.1, 0.15) is 18.5 Å². The molecule has 6 heteroatoms. The summed E-state index contributed by atoms with van der Waals surface area (Å²) in [5.74, 6) is 0.297. The maximum Gasteiger partial charge on any atom is 0.230 e. The molecule has 1 amide bonds. The first-order valence-electron chi connectivity index (χ1n) is 8.86. The van der Waals surface area contributed by atoms with Gasteiger partial charge in [-0.1, -0.05) is 6.07 Å². The summed E-state index contributed by atoms with van der Waals surface area (Å²) in [5.41, 5.74) is 0.754. The summed E-state index contributed by atoms with van der Waals surface area (Å²) in [5, 5.41) is 0. The Morgan fingerprint density at radius 3 is 2.71 bits per heavy atom. The lowest BCUT2D eigenvalue weighted by atomic mass is 9.85. The molecule has 0 bridgehead atoms. The molecule has 3 saturated heterocycles. The normalized spacial score (nSPS) is 29.5. The molecule has 3 aliphatic rings. The van der Waals surface area contributed by atoms with Crippen LogP contribution >= 0.6 is 0 Å². The maximum atomic E-state index is 13.0. The van der Waals surface area contributed by atoms with E-state index in [4.69, 9.17) is 9.47 Å². The minimum absolute atomic E-state index is 0.207. The van der Waals surface area contributed by atoms with E-state index in [0.717, 1.165) is 38.2 Å². The predicted molar refractivity (Wildman–Crippen MR) is 88.3 cm³/mol. The van der Waals surface area contributed by atoms with Gasteiger partial charge in [0.2, 0.25) is 5.91 Å². The van der Waals surface area contributed by atoms with Crippen LogP contribution in [-0.2, 0) is 20.8 Å². The number of carbonyl (C=O) groups excluding carboxylic acids is 1. The van der Waals surface area contributed by atoms with Crippen molar-refractivity contribution in [1.82, 2.24) is 14.8 Å². The number of likely N-dealkylation sites (tertiary alicyclic amines) is 2. The van der Waals surface area contributed by atoms with E-state index in [0.29, 0.717) is 38.9 Å². The zero-order chi connectivity index (χ0) is 16.4. The summed E-state index contributed by atoms with van der Waals surface area (Å²) in [4.78, 5) is 21.8. The van der Waals surface area contributed by atoms with Crippen molar-refractivity contribution in [3.63, 3.8) is 0 Å². The van der Waals surface area contributed by atoms with Crippen molar-refractivity contribution in [2.75, 3.05) is 46.1 Å². The number of ether oxygens (including phenoxy) is 2. The number of carbonyl (C=O) groups is 1. The third-order valence-corrected chi connectivity index (χ3v) is 5.57. The highest BCUT2D eigenvalue weighted by atomic mass is 16.5. The van der Waals surface area contributed by atoms with Gasteiger partial charge >= 0.3 is 0 Å². The van der Waals surface area contributed by atoms with E-state index >= 15 is 0 Å². The SMILES string of the molecule is O=C1N(Cc2ccccn2)CCC12CCN(C1COCCOC1)C2. The smallest absolute Gasteiger partial charge is 0.230 e. The maximum absolute atomic E-state index is 13.0. The van der Waals surface area contributed by atoms with Crippen molar-refractivity contribution in [2.45, 2.75) is 25.4 Å². The van der Waals surface area contributed by atoms with Crippen LogP contribution < -0.4 is 0 Å². The standard InChI is InChI=1S/C18H25N3O3/c22-17-18(4-7-20(17)11-15-3-1-2-6-19-15)5-8-21(14-18)16-12-23-9-10-24-13-16/h1-3,6,16H,4-5,7-14H2. The van der Waals surface area contributed by atoms with Gasteiger partial charge in [0.15, 0.2) is 0 Å². The molecule has 0 N–H and O–H groups in total. The Morgan fingerprint density at radius 1 is 1.17 bits per heavy atom. The molecule has 0 aliphatic carbocycles. The molecular weight excluding hydrogens is 306 g/mol.